The molecule has 0 aliphatic carbocycles. The molecule has 3 aromatic heterocycles. The van der Waals surface area contributed by atoms with Crippen LogP contribution in [0, 0.1) is 5.82 Å². The summed E-state index contributed by atoms with van der Waals surface area (Å²) >= 11 is 6.50. The Morgan fingerprint density at radius 1 is 1.18 bits per heavy atom. The minimum atomic E-state index is -4.99. The first-order chi connectivity index (χ1) is 20.6. The Balaban J connectivity index is 1.86. The number of carbonyl (C=O) groups excluding carboxylic acids is 1. The number of anilines is 1. The van der Waals surface area contributed by atoms with Gasteiger partial charge in [-0.05, 0) is 37.3 Å². The van der Waals surface area contributed by atoms with Crippen LogP contribution in [0.25, 0.3) is 28.0 Å². The lowest BCUT2D eigenvalue weighted by molar-refractivity contribution is -0.137. The zero-order valence-corrected chi connectivity index (χ0v) is 24.7. The van der Waals surface area contributed by atoms with E-state index in [2.05, 4.69) is 21.5 Å². The standard InChI is InChI=1S/C28H23ClF4N6O4S/c1-4-22(40)37-10-11-38(15(2)14-37)25-16-12-18(29)24(23-17(28(31,32)33)6-5-7-19(23)30)35-26(16)39(27(41)36-25)20-13-34-9-8-21(20)44(3,42)43/h4-9,12-13,15H,1,10-11,14H2,2-3H3/t15-/m0/s1. The number of nitrogens with zero attached hydrogens (tertiary/aromatic N) is 6. The van der Waals surface area contributed by atoms with Crippen molar-refractivity contribution in [2.75, 3.05) is 30.8 Å². The lowest BCUT2D eigenvalue weighted by atomic mass is 10.0. The number of hydrogen-bond acceptors (Lipinski definition) is 8. The highest BCUT2D eigenvalue weighted by Gasteiger charge is 2.37. The van der Waals surface area contributed by atoms with Gasteiger partial charge < -0.3 is 9.80 Å². The number of halogens is 5. The molecule has 44 heavy (non-hydrogen) atoms. The third-order valence-electron chi connectivity index (χ3n) is 7.14. The summed E-state index contributed by atoms with van der Waals surface area (Å²) in [5, 5.41) is -0.328. The lowest BCUT2D eigenvalue weighted by Gasteiger charge is -2.40. The van der Waals surface area contributed by atoms with E-state index >= 15 is 4.39 Å². The van der Waals surface area contributed by atoms with E-state index in [4.69, 9.17) is 11.6 Å². The molecule has 1 atom stereocenters. The molecule has 0 bridgehead atoms. The van der Waals surface area contributed by atoms with Crippen LogP contribution in [-0.2, 0) is 20.8 Å². The molecule has 16 heteroatoms. The molecule has 1 aromatic carbocycles. The zero-order chi connectivity index (χ0) is 32.1. The second kappa shape index (κ2) is 11.3. The van der Waals surface area contributed by atoms with Crippen molar-refractivity contribution < 1.29 is 30.8 Å². The van der Waals surface area contributed by atoms with Gasteiger partial charge in [0, 0.05) is 43.7 Å². The van der Waals surface area contributed by atoms with Crippen LogP contribution in [0.15, 0.2) is 65.1 Å². The molecule has 0 unspecified atom stereocenters. The van der Waals surface area contributed by atoms with Gasteiger partial charge in [0.25, 0.3) is 0 Å². The van der Waals surface area contributed by atoms with Crippen molar-refractivity contribution in [1.29, 1.82) is 0 Å². The van der Waals surface area contributed by atoms with Crippen molar-refractivity contribution in [2.24, 2.45) is 0 Å². The molecule has 230 valence electrons. The minimum Gasteiger partial charge on any atom is -0.350 e. The van der Waals surface area contributed by atoms with E-state index < -0.39 is 50.4 Å². The van der Waals surface area contributed by atoms with Crippen LogP contribution < -0.4 is 10.6 Å². The normalized spacial score (nSPS) is 15.9. The predicted molar refractivity (Wildman–Crippen MR) is 155 cm³/mol. The van der Waals surface area contributed by atoms with Crippen molar-refractivity contribution in [3.05, 3.63) is 82.3 Å². The average Bonchev–Trinajstić information content (AvgIpc) is 2.95. The number of benzene rings is 1. The topological polar surface area (TPSA) is 118 Å². The van der Waals surface area contributed by atoms with Gasteiger partial charge in [-0.25, -0.2) is 27.2 Å². The summed E-state index contributed by atoms with van der Waals surface area (Å²) in [7, 11) is -3.97. The molecule has 1 fully saturated rings. The monoisotopic (exact) mass is 650 g/mol. The fraction of sp³-hybridized carbons (Fsp3) is 0.250. The van der Waals surface area contributed by atoms with Gasteiger partial charge >= 0.3 is 11.9 Å². The molecule has 0 N–H and O–H groups in total. The lowest BCUT2D eigenvalue weighted by Crippen LogP contribution is -2.54. The Hall–Kier alpha value is -4.37. The van der Waals surface area contributed by atoms with Crippen LogP contribution in [0.2, 0.25) is 5.02 Å². The van der Waals surface area contributed by atoms with Crippen LogP contribution in [0.5, 0.6) is 0 Å². The minimum absolute atomic E-state index is 0.0368. The van der Waals surface area contributed by atoms with Gasteiger partial charge in [-0.3, -0.25) is 9.78 Å². The number of aromatic nitrogens is 4. The van der Waals surface area contributed by atoms with Crippen LogP contribution in [0.4, 0.5) is 23.4 Å². The molecule has 10 nitrogen and oxygen atoms in total. The predicted octanol–water partition coefficient (Wildman–Crippen LogP) is 4.28. The number of pyridine rings is 2. The summed E-state index contributed by atoms with van der Waals surface area (Å²) < 4.78 is 83.2. The van der Waals surface area contributed by atoms with Crippen LogP contribution >= 0.6 is 11.6 Å². The summed E-state index contributed by atoms with van der Waals surface area (Å²) in [5.41, 5.74) is -4.59. The van der Waals surface area contributed by atoms with E-state index in [1.165, 1.54) is 18.3 Å². The largest absolute Gasteiger partial charge is 0.417 e. The molecular weight excluding hydrogens is 628 g/mol. The summed E-state index contributed by atoms with van der Waals surface area (Å²) in [6, 6.07) is 4.30. The summed E-state index contributed by atoms with van der Waals surface area (Å²) in [4.78, 5) is 41.3. The Labute approximate surface area is 253 Å². The third-order valence-corrected chi connectivity index (χ3v) is 8.58. The van der Waals surface area contributed by atoms with Gasteiger partial charge in [-0.15, -0.1) is 0 Å². The van der Waals surface area contributed by atoms with Crippen LogP contribution in [0.3, 0.4) is 0 Å². The molecule has 1 amide bonds. The maximum atomic E-state index is 15.1. The fourth-order valence-electron chi connectivity index (χ4n) is 5.17. The van der Waals surface area contributed by atoms with E-state index in [0.717, 1.165) is 35.2 Å². The SMILES string of the molecule is C=CC(=O)N1CCN(c2nc(=O)n(-c3cnccc3S(C)(=O)=O)c3nc(-c4c(F)cccc4C(F)(F)F)c(Cl)cc23)[C@@H](C)C1. The van der Waals surface area contributed by atoms with Crippen molar-refractivity contribution >= 4 is 44.2 Å². The number of sulfone groups is 1. The second-order valence-corrected chi connectivity index (χ2v) is 12.4. The number of piperazine rings is 1. The van der Waals surface area contributed by atoms with Gasteiger partial charge in [-0.2, -0.15) is 18.2 Å². The van der Waals surface area contributed by atoms with E-state index in [0.29, 0.717) is 6.07 Å². The summed E-state index contributed by atoms with van der Waals surface area (Å²) in [5.74, 6) is -1.53. The second-order valence-electron chi connectivity index (χ2n) is 10.0. The van der Waals surface area contributed by atoms with Gasteiger partial charge in [0.15, 0.2) is 15.5 Å². The third kappa shape index (κ3) is 5.52. The van der Waals surface area contributed by atoms with Gasteiger partial charge in [0.1, 0.15) is 11.6 Å². The molecule has 5 rings (SSSR count). The van der Waals surface area contributed by atoms with Crippen LogP contribution in [-0.4, -0.2) is 70.7 Å². The molecule has 0 spiro atoms. The zero-order valence-electron chi connectivity index (χ0n) is 23.1. The van der Waals surface area contributed by atoms with Crippen molar-refractivity contribution in [3.8, 4) is 16.9 Å². The molecule has 4 aromatic rings. The smallest absolute Gasteiger partial charge is 0.350 e. The first kappa shape index (κ1) is 31.1. The van der Waals surface area contributed by atoms with E-state index in [1.807, 2.05) is 0 Å². The molecule has 0 radical (unpaired) electrons. The van der Waals surface area contributed by atoms with Gasteiger partial charge in [-0.1, -0.05) is 24.2 Å². The number of alkyl halides is 3. The summed E-state index contributed by atoms with van der Waals surface area (Å²) in [6.07, 6.45) is -0.664. The maximum Gasteiger partial charge on any atom is 0.417 e. The van der Waals surface area contributed by atoms with E-state index in [-0.39, 0.29) is 58.0 Å². The number of carbonyl (C=O) groups is 1. The van der Waals surface area contributed by atoms with E-state index in [1.54, 1.807) is 16.7 Å². The quantitative estimate of drug-likeness (QED) is 0.232. The average molecular weight is 651 g/mol. The highest BCUT2D eigenvalue weighted by molar-refractivity contribution is 7.90. The summed E-state index contributed by atoms with van der Waals surface area (Å²) in [6.45, 7) is 5.91. The van der Waals surface area contributed by atoms with E-state index in [9.17, 15) is 31.2 Å². The Morgan fingerprint density at radius 2 is 1.91 bits per heavy atom. The molecular formula is C28H23ClF4N6O4S. The van der Waals surface area contributed by atoms with Crippen molar-refractivity contribution in [2.45, 2.75) is 24.0 Å². The maximum absolute atomic E-state index is 15.1. The highest BCUT2D eigenvalue weighted by Crippen LogP contribution is 2.42. The van der Waals surface area contributed by atoms with Crippen molar-refractivity contribution in [1.82, 2.24) is 24.4 Å². The Morgan fingerprint density at radius 3 is 2.55 bits per heavy atom. The van der Waals surface area contributed by atoms with Crippen molar-refractivity contribution in [3.63, 3.8) is 0 Å². The highest BCUT2D eigenvalue weighted by atomic mass is 35.5. The Bertz CT molecular complexity index is 2000. The fourth-order valence-corrected chi connectivity index (χ4v) is 6.25. The molecule has 4 heterocycles. The Kier molecular flexibility index (Phi) is 7.97. The first-order valence-corrected chi connectivity index (χ1v) is 15.2. The number of fused-ring (bicyclic) bond motifs is 1. The molecule has 1 aliphatic heterocycles. The van der Waals surface area contributed by atoms with Crippen LogP contribution in [0.1, 0.15) is 12.5 Å². The first-order valence-electron chi connectivity index (χ1n) is 12.9. The molecule has 1 aliphatic rings. The number of hydrogen-bond donors (Lipinski definition) is 0. The van der Waals surface area contributed by atoms with Gasteiger partial charge in [0.05, 0.1) is 38.4 Å². The molecule has 1 saturated heterocycles. The molecule has 0 saturated carbocycles. The number of amides is 1. The van der Waals surface area contributed by atoms with Gasteiger partial charge in [0.2, 0.25) is 5.91 Å². The number of rotatable bonds is 5.